The molecule has 0 unspecified atom stereocenters. The zero-order valence-corrected chi connectivity index (χ0v) is 23.8. The summed E-state index contributed by atoms with van der Waals surface area (Å²) in [6.07, 6.45) is 1.00. The lowest BCUT2D eigenvalue weighted by Crippen LogP contribution is -2.36. The van der Waals surface area contributed by atoms with Crippen molar-refractivity contribution in [3.63, 3.8) is 0 Å². The summed E-state index contributed by atoms with van der Waals surface area (Å²) in [5, 5.41) is 4.07. The Labute approximate surface area is 233 Å². The van der Waals surface area contributed by atoms with Crippen molar-refractivity contribution in [2.45, 2.75) is 45.4 Å². The molecule has 0 saturated carbocycles. The fraction of sp³-hybridized carbons (Fsp3) is 0.400. The molecule has 4 rings (SSSR count). The lowest BCUT2D eigenvalue weighted by molar-refractivity contribution is -0.138. The van der Waals surface area contributed by atoms with Crippen LogP contribution in [-0.4, -0.2) is 43.6 Å². The maximum atomic E-state index is 13.8. The Morgan fingerprint density at radius 2 is 1.82 bits per heavy atom. The van der Waals surface area contributed by atoms with E-state index in [1.807, 2.05) is 56.3 Å². The van der Waals surface area contributed by atoms with Gasteiger partial charge in [-0.3, -0.25) is 4.79 Å². The number of benzene rings is 2. The van der Waals surface area contributed by atoms with Crippen LogP contribution in [0.25, 0.3) is 0 Å². The van der Waals surface area contributed by atoms with Crippen molar-refractivity contribution in [1.29, 1.82) is 0 Å². The van der Waals surface area contributed by atoms with Gasteiger partial charge in [-0.25, -0.2) is 4.79 Å². The highest BCUT2D eigenvalue weighted by atomic mass is 35.5. The number of hydrogen-bond donors (Lipinski definition) is 1. The van der Waals surface area contributed by atoms with Crippen LogP contribution in [0.15, 0.2) is 65.0 Å². The molecule has 0 saturated heterocycles. The van der Waals surface area contributed by atoms with E-state index in [1.54, 1.807) is 18.9 Å². The second kappa shape index (κ2) is 12.8. The summed E-state index contributed by atoms with van der Waals surface area (Å²) >= 11 is 7.80. The van der Waals surface area contributed by atoms with E-state index in [2.05, 4.69) is 12.2 Å². The first-order valence-electron chi connectivity index (χ1n) is 12.9. The third kappa shape index (κ3) is 6.05. The fourth-order valence-corrected chi connectivity index (χ4v) is 5.78. The molecule has 38 heavy (non-hydrogen) atoms. The molecular formula is C30H34ClNO5S. The van der Waals surface area contributed by atoms with Crippen molar-refractivity contribution in [2.75, 3.05) is 31.8 Å². The number of ether oxygens (including phenoxy) is 3. The minimum atomic E-state index is -0.569. The maximum Gasteiger partial charge on any atom is 0.336 e. The lowest BCUT2D eigenvalue weighted by Gasteiger charge is -2.37. The summed E-state index contributed by atoms with van der Waals surface area (Å²) in [6.45, 7) is 6.66. The van der Waals surface area contributed by atoms with Gasteiger partial charge in [0.2, 0.25) is 0 Å². The number of Topliss-reactive ketones (excluding diaryl/α,β-unsaturated/α-hetero) is 1. The summed E-state index contributed by atoms with van der Waals surface area (Å²) in [4.78, 5) is 27.2. The number of thioether (sulfide) groups is 1. The van der Waals surface area contributed by atoms with Gasteiger partial charge in [0.15, 0.2) is 17.3 Å². The second-order valence-corrected chi connectivity index (χ2v) is 11.1. The molecule has 1 aliphatic heterocycles. The van der Waals surface area contributed by atoms with Gasteiger partial charge in [0, 0.05) is 40.1 Å². The van der Waals surface area contributed by atoms with Gasteiger partial charge in [0.25, 0.3) is 0 Å². The Balaban J connectivity index is 1.75. The van der Waals surface area contributed by atoms with Crippen molar-refractivity contribution in [3.8, 4) is 11.5 Å². The molecule has 6 nitrogen and oxygen atoms in total. The van der Waals surface area contributed by atoms with E-state index in [0.29, 0.717) is 59.4 Å². The summed E-state index contributed by atoms with van der Waals surface area (Å²) in [5.41, 5.74) is 4.45. The zero-order chi connectivity index (χ0) is 27.2. The largest absolute Gasteiger partial charge is 0.493 e. The van der Waals surface area contributed by atoms with Gasteiger partial charge in [-0.2, -0.15) is 11.8 Å². The molecule has 0 aromatic heterocycles. The van der Waals surface area contributed by atoms with Crippen LogP contribution in [-0.2, 0) is 14.3 Å². The summed E-state index contributed by atoms with van der Waals surface area (Å²) in [7, 11) is 1.58. The number of carbonyl (C=O) groups is 2. The summed E-state index contributed by atoms with van der Waals surface area (Å²) < 4.78 is 17.0. The number of dihydropyridines is 1. The Morgan fingerprint density at radius 1 is 1.08 bits per heavy atom. The first-order valence-corrected chi connectivity index (χ1v) is 14.5. The molecule has 0 spiro atoms. The SMILES string of the molecule is CCOc1ccc([C@@H]2C(C(=O)OCCSCC)=C(C)NC3=C2C(=O)C[C@H](c2ccc(Cl)cc2)C3)cc1OC. The van der Waals surface area contributed by atoms with E-state index in [4.69, 9.17) is 25.8 Å². The third-order valence-corrected chi connectivity index (χ3v) is 7.99. The Kier molecular flexibility index (Phi) is 9.44. The van der Waals surface area contributed by atoms with Crippen LogP contribution in [0.3, 0.4) is 0 Å². The van der Waals surface area contributed by atoms with Crippen LogP contribution in [0.4, 0.5) is 0 Å². The minimum Gasteiger partial charge on any atom is -0.493 e. The molecule has 2 aromatic carbocycles. The highest BCUT2D eigenvalue weighted by Gasteiger charge is 2.41. The number of rotatable bonds is 10. The molecule has 202 valence electrons. The lowest BCUT2D eigenvalue weighted by atomic mass is 9.71. The fourth-order valence-electron chi connectivity index (χ4n) is 5.17. The van der Waals surface area contributed by atoms with Crippen molar-refractivity contribution in [3.05, 3.63) is 81.2 Å². The van der Waals surface area contributed by atoms with Crippen molar-refractivity contribution in [1.82, 2.24) is 5.32 Å². The van der Waals surface area contributed by atoms with Gasteiger partial charge >= 0.3 is 5.97 Å². The highest BCUT2D eigenvalue weighted by Crippen LogP contribution is 2.47. The minimum absolute atomic E-state index is 0.0101. The maximum absolute atomic E-state index is 13.8. The zero-order valence-electron chi connectivity index (χ0n) is 22.3. The molecule has 1 aliphatic carbocycles. The Hall–Kier alpha value is -2.90. The summed E-state index contributed by atoms with van der Waals surface area (Å²) in [5.74, 6) is 1.89. The number of allylic oxidation sites excluding steroid dienone is 3. The predicted molar refractivity (Wildman–Crippen MR) is 152 cm³/mol. The number of carbonyl (C=O) groups excluding carboxylic acids is 2. The number of esters is 1. The second-order valence-electron chi connectivity index (χ2n) is 9.24. The van der Waals surface area contributed by atoms with Gasteiger partial charge in [0.05, 0.1) is 19.3 Å². The molecule has 1 N–H and O–H groups in total. The van der Waals surface area contributed by atoms with Gasteiger partial charge in [-0.1, -0.05) is 36.7 Å². The van der Waals surface area contributed by atoms with Crippen LogP contribution in [0.5, 0.6) is 11.5 Å². The summed E-state index contributed by atoms with van der Waals surface area (Å²) in [6, 6.07) is 13.2. The van der Waals surface area contributed by atoms with Crippen LogP contribution in [0, 0.1) is 0 Å². The van der Waals surface area contributed by atoms with E-state index >= 15 is 0 Å². The van der Waals surface area contributed by atoms with E-state index in [-0.39, 0.29) is 11.7 Å². The Bertz CT molecular complexity index is 1250. The van der Waals surface area contributed by atoms with Crippen molar-refractivity contribution in [2.24, 2.45) is 0 Å². The molecule has 2 aliphatic rings. The van der Waals surface area contributed by atoms with Crippen LogP contribution in [0.2, 0.25) is 5.02 Å². The number of ketones is 1. The third-order valence-electron chi connectivity index (χ3n) is 6.87. The van der Waals surface area contributed by atoms with E-state index in [0.717, 1.165) is 28.3 Å². The topological polar surface area (TPSA) is 73.9 Å². The predicted octanol–water partition coefficient (Wildman–Crippen LogP) is 6.41. The van der Waals surface area contributed by atoms with E-state index in [9.17, 15) is 9.59 Å². The molecule has 0 amide bonds. The van der Waals surface area contributed by atoms with Gasteiger partial charge in [-0.15, -0.1) is 0 Å². The van der Waals surface area contributed by atoms with Gasteiger partial charge in [0.1, 0.15) is 6.61 Å². The van der Waals surface area contributed by atoms with Gasteiger partial charge < -0.3 is 19.5 Å². The first kappa shape index (κ1) is 28.1. The van der Waals surface area contributed by atoms with Crippen molar-refractivity contribution < 1.29 is 23.8 Å². The average molecular weight is 556 g/mol. The molecule has 0 fully saturated rings. The van der Waals surface area contributed by atoms with E-state index < -0.39 is 11.9 Å². The number of methoxy groups -OCH3 is 1. The molecule has 0 bridgehead atoms. The monoisotopic (exact) mass is 555 g/mol. The molecule has 2 aromatic rings. The van der Waals surface area contributed by atoms with Crippen molar-refractivity contribution >= 4 is 35.1 Å². The number of halogens is 1. The first-order chi connectivity index (χ1) is 18.4. The number of nitrogens with one attached hydrogen (secondary N) is 1. The highest BCUT2D eigenvalue weighted by molar-refractivity contribution is 7.99. The van der Waals surface area contributed by atoms with E-state index in [1.165, 1.54) is 0 Å². The van der Waals surface area contributed by atoms with Crippen LogP contribution >= 0.6 is 23.4 Å². The molecule has 1 heterocycles. The smallest absolute Gasteiger partial charge is 0.336 e. The Morgan fingerprint density at radius 3 is 2.50 bits per heavy atom. The van der Waals surface area contributed by atoms with Crippen LogP contribution < -0.4 is 14.8 Å². The van der Waals surface area contributed by atoms with Gasteiger partial charge in [-0.05, 0) is 67.3 Å². The molecule has 0 radical (unpaired) electrons. The normalized spacial score (nSPS) is 19.1. The average Bonchev–Trinajstić information content (AvgIpc) is 2.91. The number of hydrogen-bond acceptors (Lipinski definition) is 7. The molecule has 8 heteroatoms. The van der Waals surface area contributed by atoms with Crippen LogP contribution in [0.1, 0.15) is 56.6 Å². The molecular weight excluding hydrogens is 522 g/mol. The quantitative estimate of drug-likeness (QED) is 0.268. The standard InChI is InChI=1S/C30H34ClNO5S/c1-5-36-25-12-9-20(17-26(25)35-4)28-27(30(34)37-13-14-38-6-2)18(3)32-23-15-21(16-24(33)29(23)28)19-7-10-22(31)11-8-19/h7-12,17,21,28,32H,5-6,13-16H2,1-4H3/t21-,28-/m1/s1. The molecule has 2 atom stereocenters.